The third kappa shape index (κ3) is 6.07. The molecule has 2 aliphatic carbocycles. The Hall–Kier alpha value is -7.80. The predicted octanol–water partition coefficient (Wildman–Crippen LogP) is 16.3. The molecule has 0 radical (unpaired) electrons. The molecule has 0 spiro atoms. The Kier molecular flexibility index (Phi) is 8.75. The molecule has 0 heteroatoms. The van der Waals surface area contributed by atoms with E-state index in [1.165, 1.54) is 111 Å². The van der Waals surface area contributed by atoms with E-state index in [0.717, 1.165) is 0 Å². The van der Waals surface area contributed by atoms with Crippen molar-refractivity contribution in [3.63, 3.8) is 0 Å². The van der Waals surface area contributed by atoms with Crippen LogP contribution in [0.1, 0.15) is 45.2 Å². The molecular weight excluding hydrogens is 745 g/mol. The monoisotopic (exact) mass is 786 g/mol. The van der Waals surface area contributed by atoms with Crippen LogP contribution in [0.3, 0.4) is 0 Å². The predicted molar refractivity (Wildman–Crippen MR) is 259 cm³/mol. The summed E-state index contributed by atoms with van der Waals surface area (Å²) in [4.78, 5) is 0. The Morgan fingerprint density at radius 3 is 0.806 bits per heavy atom. The van der Waals surface area contributed by atoms with Crippen molar-refractivity contribution in [3.05, 3.63) is 276 Å². The molecule has 0 fully saturated rings. The first-order chi connectivity index (χ1) is 30.8. The average molecular weight is 787 g/mol. The van der Waals surface area contributed by atoms with Crippen LogP contribution in [-0.4, -0.2) is 0 Å². The zero-order chi connectivity index (χ0) is 41.0. The van der Waals surface area contributed by atoms with Crippen LogP contribution in [0.2, 0.25) is 0 Å². The molecule has 0 unspecified atom stereocenters. The molecule has 0 N–H and O–H groups in total. The average Bonchev–Trinajstić information content (AvgIpc) is 3.87. The van der Waals surface area contributed by atoms with E-state index in [2.05, 4.69) is 243 Å². The van der Waals surface area contributed by atoms with E-state index in [1.54, 1.807) is 0 Å². The number of rotatable bonds is 7. The van der Waals surface area contributed by atoms with Gasteiger partial charge in [0.1, 0.15) is 0 Å². The molecule has 0 saturated carbocycles. The van der Waals surface area contributed by atoms with Gasteiger partial charge in [-0.15, -0.1) is 0 Å². The first-order valence-corrected chi connectivity index (χ1v) is 21.7. The van der Waals surface area contributed by atoms with Crippen molar-refractivity contribution >= 4 is 0 Å². The molecule has 12 rings (SSSR count). The molecule has 290 valence electrons. The van der Waals surface area contributed by atoms with E-state index in [0.29, 0.717) is 0 Å². The Labute approximate surface area is 364 Å². The second-order valence-corrected chi connectivity index (χ2v) is 16.7. The summed E-state index contributed by atoms with van der Waals surface area (Å²) < 4.78 is 0. The fourth-order valence-corrected chi connectivity index (χ4v) is 10.5. The van der Waals surface area contributed by atoms with Gasteiger partial charge in [0.25, 0.3) is 0 Å². The Bertz CT molecular complexity index is 2990. The second kappa shape index (κ2) is 15.0. The molecule has 10 aromatic carbocycles. The van der Waals surface area contributed by atoms with Crippen LogP contribution in [0.5, 0.6) is 0 Å². The number of hydrogen-bond donors (Lipinski definition) is 0. The molecule has 10 aromatic rings. The molecule has 0 aromatic heterocycles. The minimum Gasteiger partial charge on any atom is -0.0622 e. The molecule has 2 aliphatic rings. The largest absolute Gasteiger partial charge is 0.0622 e. The first kappa shape index (κ1) is 36.1. The van der Waals surface area contributed by atoms with Crippen LogP contribution in [0, 0.1) is 0 Å². The van der Waals surface area contributed by atoms with Crippen LogP contribution in [0.4, 0.5) is 0 Å². The summed E-state index contributed by atoms with van der Waals surface area (Å²) in [6, 6.07) is 90.3. The summed E-state index contributed by atoms with van der Waals surface area (Å²) in [5, 5.41) is 0. The fourth-order valence-electron chi connectivity index (χ4n) is 10.5. The highest BCUT2D eigenvalue weighted by Crippen LogP contribution is 2.53. The number of benzene rings is 10. The van der Waals surface area contributed by atoms with Gasteiger partial charge in [0.05, 0.1) is 0 Å². The maximum absolute atomic E-state index is 2.47. The van der Waals surface area contributed by atoms with Crippen molar-refractivity contribution in [3.8, 4) is 77.9 Å². The minimum absolute atomic E-state index is 0.0807. The van der Waals surface area contributed by atoms with E-state index in [4.69, 9.17) is 0 Å². The van der Waals surface area contributed by atoms with Gasteiger partial charge in [-0.3, -0.25) is 0 Å². The van der Waals surface area contributed by atoms with Crippen LogP contribution < -0.4 is 0 Å². The molecule has 0 saturated heterocycles. The van der Waals surface area contributed by atoms with Crippen LogP contribution in [-0.2, 0) is 0 Å². The number of hydrogen-bond acceptors (Lipinski definition) is 0. The topological polar surface area (TPSA) is 0 Å². The molecule has 62 heavy (non-hydrogen) atoms. The highest BCUT2D eigenvalue weighted by molar-refractivity contribution is 5.90. The summed E-state index contributed by atoms with van der Waals surface area (Å²) in [6.07, 6.45) is 0. The lowest BCUT2D eigenvalue weighted by molar-refractivity contribution is 1.02. The zero-order valence-electron chi connectivity index (χ0n) is 34.2. The molecule has 0 aliphatic heterocycles. The quantitative estimate of drug-likeness (QED) is 0.151. The van der Waals surface area contributed by atoms with E-state index in [1.807, 2.05) is 0 Å². The maximum Gasteiger partial charge on any atom is 0.0358 e. The summed E-state index contributed by atoms with van der Waals surface area (Å²) in [7, 11) is 0. The van der Waals surface area contributed by atoms with Gasteiger partial charge in [-0.05, 0) is 142 Å². The van der Waals surface area contributed by atoms with Gasteiger partial charge in [0.2, 0.25) is 0 Å². The van der Waals surface area contributed by atoms with Crippen molar-refractivity contribution < 1.29 is 0 Å². The molecule has 0 heterocycles. The summed E-state index contributed by atoms with van der Waals surface area (Å²) in [5.74, 6) is 0.161. The van der Waals surface area contributed by atoms with Crippen LogP contribution in [0.15, 0.2) is 243 Å². The lowest BCUT2D eigenvalue weighted by atomic mass is 9.80. The minimum atomic E-state index is 0.0807. The third-order valence-electron chi connectivity index (χ3n) is 13.3. The van der Waals surface area contributed by atoms with Crippen molar-refractivity contribution in [2.24, 2.45) is 0 Å². The third-order valence-corrected chi connectivity index (χ3v) is 13.3. The Morgan fingerprint density at radius 2 is 0.452 bits per heavy atom. The zero-order valence-corrected chi connectivity index (χ0v) is 34.2. The van der Waals surface area contributed by atoms with Gasteiger partial charge in [-0.25, -0.2) is 0 Å². The van der Waals surface area contributed by atoms with Crippen molar-refractivity contribution in [2.75, 3.05) is 0 Å². The molecule has 0 nitrogen and oxygen atoms in total. The molecule has 0 amide bonds. The molecular formula is C62H42. The van der Waals surface area contributed by atoms with Gasteiger partial charge < -0.3 is 0 Å². The van der Waals surface area contributed by atoms with Crippen molar-refractivity contribution in [1.29, 1.82) is 0 Å². The lowest BCUT2D eigenvalue weighted by Gasteiger charge is -2.23. The van der Waals surface area contributed by atoms with Gasteiger partial charge >= 0.3 is 0 Å². The first-order valence-electron chi connectivity index (χ1n) is 21.7. The van der Waals surface area contributed by atoms with Gasteiger partial charge in [-0.1, -0.05) is 212 Å². The lowest BCUT2D eigenvalue weighted by Crippen LogP contribution is -2.04. The molecule has 0 bridgehead atoms. The normalized spacial score (nSPS) is 12.7. The Balaban J connectivity index is 1.12. The summed E-state index contributed by atoms with van der Waals surface area (Å²) >= 11 is 0. The maximum atomic E-state index is 2.47. The van der Waals surface area contributed by atoms with E-state index in [-0.39, 0.29) is 11.8 Å². The highest BCUT2D eigenvalue weighted by Gasteiger charge is 2.33. The SMILES string of the molecule is c1ccc(-c2cc(-c3ccc(-c4ccccc4)cc3C3c4ccccc4-c4ccccc43)cc(-c3ccc(-c4ccccc4)cc3C3c4ccccc4-c4ccccc43)c2)cc1. The Morgan fingerprint density at radius 1 is 0.161 bits per heavy atom. The fraction of sp³-hybridized carbons (Fsp3) is 0.0323. The highest BCUT2D eigenvalue weighted by atomic mass is 14.4. The van der Waals surface area contributed by atoms with Crippen LogP contribution in [0.25, 0.3) is 77.9 Å². The van der Waals surface area contributed by atoms with E-state index in [9.17, 15) is 0 Å². The standard InChI is InChI=1S/C62H42/c1-4-18-41(19-5-1)44-32-34-49(59(39-44)61-55-28-14-10-24-51(55)52-25-11-15-29-56(52)61)47-36-46(43-22-8-3-9-23-43)37-48(38-47)50-35-33-45(42-20-6-2-7-21-42)40-60(50)62-57-30-16-12-26-53(57)54-27-13-17-31-58(54)62/h1-40,61-62H. The van der Waals surface area contributed by atoms with E-state index < -0.39 is 0 Å². The second-order valence-electron chi connectivity index (χ2n) is 16.7. The van der Waals surface area contributed by atoms with E-state index >= 15 is 0 Å². The summed E-state index contributed by atoms with van der Waals surface area (Å²) in [6.45, 7) is 0. The van der Waals surface area contributed by atoms with Crippen LogP contribution >= 0.6 is 0 Å². The van der Waals surface area contributed by atoms with Gasteiger partial charge in [0, 0.05) is 11.8 Å². The van der Waals surface area contributed by atoms with Gasteiger partial charge in [-0.2, -0.15) is 0 Å². The van der Waals surface area contributed by atoms with Crippen molar-refractivity contribution in [1.82, 2.24) is 0 Å². The molecule has 0 atom stereocenters. The van der Waals surface area contributed by atoms with Gasteiger partial charge in [0.15, 0.2) is 0 Å². The van der Waals surface area contributed by atoms with Crippen molar-refractivity contribution in [2.45, 2.75) is 11.8 Å². The number of fused-ring (bicyclic) bond motifs is 6. The summed E-state index contributed by atoms with van der Waals surface area (Å²) in [5.41, 5.74) is 25.6. The smallest absolute Gasteiger partial charge is 0.0358 e.